The van der Waals surface area contributed by atoms with Crippen LogP contribution in [0.3, 0.4) is 0 Å². The summed E-state index contributed by atoms with van der Waals surface area (Å²) in [4.78, 5) is 13.2. The van der Waals surface area contributed by atoms with Gasteiger partial charge in [0.2, 0.25) is 5.91 Å². The zero-order valence-electron chi connectivity index (χ0n) is 11.8. The maximum absolute atomic E-state index is 11.9. The molecule has 0 bridgehead atoms. The molecule has 2 heterocycles. The normalized spacial score (nSPS) is 12.3. The third-order valence-corrected chi connectivity index (χ3v) is 4.16. The summed E-state index contributed by atoms with van der Waals surface area (Å²) < 4.78 is 5.18. The van der Waals surface area contributed by atoms with Crippen LogP contribution in [-0.2, 0) is 24.3 Å². The Morgan fingerprint density at radius 1 is 1.40 bits per heavy atom. The Bertz CT molecular complexity index is 534. The van der Waals surface area contributed by atoms with Gasteiger partial charge in [0, 0.05) is 11.4 Å². The van der Waals surface area contributed by atoms with Gasteiger partial charge in [-0.25, -0.2) is 0 Å². The van der Waals surface area contributed by atoms with Crippen LogP contribution in [0.2, 0.25) is 0 Å². The fourth-order valence-corrected chi connectivity index (χ4v) is 2.84. The Kier molecular flexibility index (Phi) is 5.38. The molecule has 1 unspecified atom stereocenters. The van der Waals surface area contributed by atoms with Gasteiger partial charge in [0.25, 0.3) is 0 Å². The number of aryl methyl sites for hydroxylation is 1. The second-order valence-corrected chi connectivity index (χ2v) is 5.62. The average molecular weight is 292 g/mol. The van der Waals surface area contributed by atoms with E-state index in [0.29, 0.717) is 6.54 Å². The van der Waals surface area contributed by atoms with E-state index in [9.17, 15) is 4.79 Å². The van der Waals surface area contributed by atoms with Crippen LogP contribution in [0.1, 0.15) is 30.0 Å². The van der Waals surface area contributed by atoms with Crippen LogP contribution >= 0.6 is 11.3 Å². The fourth-order valence-electron chi connectivity index (χ4n) is 1.92. The van der Waals surface area contributed by atoms with Crippen molar-refractivity contribution in [3.63, 3.8) is 0 Å². The van der Waals surface area contributed by atoms with Gasteiger partial charge < -0.3 is 15.1 Å². The molecule has 0 aromatic carbocycles. The molecule has 2 N–H and O–H groups in total. The summed E-state index contributed by atoms with van der Waals surface area (Å²) in [6, 6.07) is 5.57. The Morgan fingerprint density at radius 2 is 2.25 bits per heavy atom. The third kappa shape index (κ3) is 3.95. The standard InChI is InChI=1S/C15H20N2O2S/c1-3-12-6-8-20-14(12)10-16-11(2)15(18)17-9-13-5-4-7-19-13/h4-8,11,16H,3,9-10H2,1-2H3,(H,17,18). The molecular formula is C15H20N2O2S. The molecule has 4 nitrogen and oxygen atoms in total. The second-order valence-electron chi connectivity index (χ2n) is 4.62. The van der Waals surface area contributed by atoms with Gasteiger partial charge in [0.05, 0.1) is 18.8 Å². The number of hydrogen-bond acceptors (Lipinski definition) is 4. The van der Waals surface area contributed by atoms with Crippen LogP contribution in [0.4, 0.5) is 0 Å². The zero-order valence-corrected chi connectivity index (χ0v) is 12.6. The summed E-state index contributed by atoms with van der Waals surface area (Å²) >= 11 is 1.73. The van der Waals surface area contributed by atoms with Crippen molar-refractivity contribution in [1.82, 2.24) is 10.6 Å². The van der Waals surface area contributed by atoms with Gasteiger partial charge in [-0.2, -0.15) is 0 Å². The van der Waals surface area contributed by atoms with Crippen LogP contribution in [-0.4, -0.2) is 11.9 Å². The molecule has 1 amide bonds. The molecular weight excluding hydrogens is 272 g/mol. The van der Waals surface area contributed by atoms with Crippen molar-refractivity contribution in [3.8, 4) is 0 Å². The number of amides is 1. The number of carbonyl (C=O) groups excluding carboxylic acids is 1. The minimum Gasteiger partial charge on any atom is -0.467 e. The van der Waals surface area contributed by atoms with Gasteiger partial charge in [-0.15, -0.1) is 11.3 Å². The first-order chi connectivity index (χ1) is 9.70. The number of hydrogen-bond donors (Lipinski definition) is 2. The first-order valence-corrected chi connectivity index (χ1v) is 7.67. The number of furan rings is 1. The van der Waals surface area contributed by atoms with Gasteiger partial charge >= 0.3 is 0 Å². The molecule has 1 atom stereocenters. The number of nitrogens with one attached hydrogen (secondary N) is 2. The lowest BCUT2D eigenvalue weighted by molar-refractivity contribution is -0.123. The lowest BCUT2D eigenvalue weighted by atomic mass is 10.2. The molecule has 0 aliphatic carbocycles. The molecule has 5 heteroatoms. The summed E-state index contributed by atoms with van der Waals surface area (Å²) in [5, 5.41) is 8.20. The highest BCUT2D eigenvalue weighted by Gasteiger charge is 2.13. The van der Waals surface area contributed by atoms with Gasteiger partial charge in [0.1, 0.15) is 5.76 Å². The van der Waals surface area contributed by atoms with Gasteiger partial charge in [-0.1, -0.05) is 6.92 Å². The van der Waals surface area contributed by atoms with Crippen molar-refractivity contribution in [1.29, 1.82) is 0 Å². The van der Waals surface area contributed by atoms with E-state index >= 15 is 0 Å². The molecule has 2 aromatic rings. The zero-order chi connectivity index (χ0) is 14.4. The van der Waals surface area contributed by atoms with Crippen molar-refractivity contribution in [3.05, 3.63) is 46.0 Å². The van der Waals surface area contributed by atoms with Crippen LogP contribution in [0, 0.1) is 0 Å². The van der Waals surface area contributed by atoms with Gasteiger partial charge in [-0.05, 0) is 42.5 Å². The fraction of sp³-hybridized carbons (Fsp3) is 0.400. The molecule has 2 aromatic heterocycles. The van der Waals surface area contributed by atoms with Crippen molar-refractivity contribution in [2.45, 2.75) is 39.4 Å². The first-order valence-electron chi connectivity index (χ1n) is 6.79. The summed E-state index contributed by atoms with van der Waals surface area (Å²) in [5.74, 6) is 0.744. The molecule has 0 spiro atoms. The SMILES string of the molecule is CCc1ccsc1CNC(C)C(=O)NCc1ccco1. The topological polar surface area (TPSA) is 54.3 Å². The molecule has 20 heavy (non-hydrogen) atoms. The lowest BCUT2D eigenvalue weighted by Gasteiger charge is -2.13. The van der Waals surface area contributed by atoms with E-state index in [-0.39, 0.29) is 11.9 Å². The number of carbonyl (C=O) groups is 1. The maximum Gasteiger partial charge on any atom is 0.237 e. The van der Waals surface area contributed by atoms with Crippen molar-refractivity contribution >= 4 is 17.2 Å². The number of rotatable bonds is 7. The highest BCUT2D eigenvalue weighted by Crippen LogP contribution is 2.17. The quantitative estimate of drug-likeness (QED) is 0.825. The second kappa shape index (κ2) is 7.26. The summed E-state index contributed by atoms with van der Waals surface area (Å²) in [7, 11) is 0. The molecule has 0 fully saturated rings. The summed E-state index contributed by atoms with van der Waals surface area (Å²) in [5.41, 5.74) is 1.35. The van der Waals surface area contributed by atoms with Gasteiger partial charge in [-0.3, -0.25) is 4.79 Å². The molecule has 2 rings (SSSR count). The van der Waals surface area contributed by atoms with Crippen LogP contribution in [0.15, 0.2) is 34.3 Å². The molecule has 108 valence electrons. The predicted molar refractivity (Wildman–Crippen MR) is 80.6 cm³/mol. The smallest absolute Gasteiger partial charge is 0.237 e. The monoisotopic (exact) mass is 292 g/mol. The first kappa shape index (κ1) is 14.8. The molecule has 0 aliphatic rings. The Balaban J connectivity index is 1.76. The van der Waals surface area contributed by atoms with E-state index in [1.807, 2.05) is 19.1 Å². The van der Waals surface area contributed by atoms with Gasteiger partial charge in [0.15, 0.2) is 0 Å². The largest absolute Gasteiger partial charge is 0.467 e. The van der Waals surface area contributed by atoms with E-state index in [2.05, 4.69) is 29.0 Å². The van der Waals surface area contributed by atoms with Crippen LogP contribution in [0.25, 0.3) is 0 Å². The van der Waals surface area contributed by atoms with E-state index in [1.165, 1.54) is 10.4 Å². The van der Waals surface area contributed by atoms with E-state index in [0.717, 1.165) is 18.7 Å². The Morgan fingerprint density at radius 3 is 2.95 bits per heavy atom. The minimum atomic E-state index is -0.225. The molecule has 0 aliphatic heterocycles. The summed E-state index contributed by atoms with van der Waals surface area (Å²) in [6.45, 7) is 5.18. The van der Waals surface area contributed by atoms with Crippen LogP contribution < -0.4 is 10.6 Å². The predicted octanol–water partition coefficient (Wildman–Crippen LogP) is 2.70. The maximum atomic E-state index is 11.9. The molecule has 0 saturated carbocycles. The van der Waals surface area contributed by atoms with Crippen molar-refractivity contribution in [2.24, 2.45) is 0 Å². The van der Waals surface area contributed by atoms with E-state index < -0.39 is 0 Å². The average Bonchev–Trinajstić information content (AvgIpc) is 3.12. The van der Waals surface area contributed by atoms with Crippen molar-refractivity contribution in [2.75, 3.05) is 0 Å². The minimum absolute atomic E-state index is 0.0176. The van der Waals surface area contributed by atoms with E-state index in [4.69, 9.17) is 4.42 Å². The lowest BCUT2D eigenvalue weighted by Crippen LogP contribution is -2.41. The highest BCUT2D eigenvalue weighted by molar-refractivity contribution is 7.10. The van der Waals surface area contributed by atoms with E-state index in [1.54, 1.807) is 17.6 Å². The van der Waals surface area contributed by atoms with Crippen LogP contribution in [0.5, 0.6) is 0 Å². The third-order valence-electron chi connectivity index (χ3n) is 3.20. The number of thiophene rings is 1. The molecule has 0 radical (unpaired) electrons. The molecule has 0 saturated heterocycles. The summed E-state index contributed by atoms with van der Waals surface area (Å²) in [6.07, 6.45) is 2.63. The van der Waals surface area contributed by atoms with Crippen molar-refractivity contribution < 1.29 is 9.21 Å². The highest BCUT2D eigenvalue weighted by atomic mass is 32.1. The Hall–Kier alpha value is -1.59. The Labute approximate surface area is 123 Å².